The number of carbonyl (C=O) groups excluding carboxylic acids is 6. The van der Waals surface area contributed by atoms with Crippen molar-refractivity contribution in [2.45, 2.75) is 114 Å². The first-order valence-corrected chi connectivity index (χ1v) is 15.4. The van der Waals surface area contributed by atoms with Gasteiger partial charge in [-0.3, -0.25) is 33.6 Å². The summed E-state index contributed by atoms with van der Waals surface area (Å²) in [6, 6.07) is -6.18. The number of carbonyl (C=O) groups is 8. The number of fused-ring (bicyclic) bond motifs is 2. The van der Waals surface area contributed by atoms with E-state index in [2.05, 4.69) is 21.3 Å². The molecule has 2 heterocycles. The van der Waals surface area contributed by atoms with Gasteiger partial charge < -0.3 is 67.6 Å². The van der Waals surface area contributed by atoms with E-state index in [4.69, 9.17) is 41.3 Å². The summed E-state index contributed by atoms with van der Waals surface area (Å²) >= 11 is 0. The zero-order valence-electron chi connectivity index (χ0n) is 27.2. The van der Waals surface area contributed by atoms with E-state index in [1.165, 1.54) is 20.8 Å². The zero-order chi connectivity index (χ0) is 37.0. The highest BCUT2D eigenvalue weighted by Crippen LogP contribution is 2.32. The lowest BCUT2D eigenvalue weighted by Crippen LogP contribution is -2.63. The molecule has 2 fully saturated rings. The van der Waals surface area contributed by atoms with Crippen LogP contribution in [-0.4, -0.2) is 132 Å². The Bertz CT molecular complexity index is 1250. The van der Waals surface area contributed by atoms with Crippen molar-refractivity contribution in [3.63, 3.8) is 0 Å². The van der Waals surface area contributed by atoms with Crippen LogP contribution in [0.3, 0.4) is 0 Å². The standard InChI is InChI=1S/C28H45N7O14/c1-11(24(40)35-16(27(44)45)7-8-18(37)34-15(23(31)39)6-4-5-14(30)26(42)43)32-25(41)12(2)47-22-20(33-13(3)36)28-46-10-17(48-28)21(22)49-19(38)9-29/h11-12,14-17,20-22,28H,4-10,29-30H2,1-3H3,(H2,31,39)(H,32,41)(H,33,36)(H,34,37)(H,35,40)(H,42,43)(H,44,45)/t11-,12+,14+,15-,16+,17+,20+,21+,22+,28+/m0/s1. The summed E-state index contributed by atoms with van der Waals surface area (Å²) in [5, 5.41) is 28.0. The van der Waals surface area contributed by atoms with Crippen LogP contribution in [0.4, 0.5) is 0 Å². The summed E-state index contributed by atoms with van der Waals surface area (Å²) in [5.41, 5.74) is 16.1. The van der Waals surface area contributed by atoms with Crippen LogP contribution in [0.5, 0.6) is 0 Å². The maximum atomic E-state index is 13.0. The highest BCUT2D eigenvalue weighted by Gasteiger charge is 2.54. The molecule has 0 aromatic heterocycles. The number of hydrogen-bond donors (Lipinski definition) is 9. The van der Waals surface area contributed by atoms with Crippen LogP contribution in [-0.2, 0) is 57.3 Å². The molecule has 5 amide bonds. The number of amides is 5. The molecule has 0 unspecified atom stereocenters. The van der Waals surface area contributed by atoms with Gasteiger partial charge in [-0.05, 0) is 39.5 Å². The summed E-state index contributed by atoms with van der Waals surface area (Å²) in [6.07, 6.45) is -5.96. The van der Waals surface area contributed by atoms with Crippen molar-refractivity contribution in [2.24, 2.45) is 17.2 Å². The average Bonchev–Trinajstić information content (AvgIpc) is 3.47. The summed E-state index contributed by atoms with van der Waals surface area (Å²) in [5.74, 6) is -7.37. The second-order valence-electron chi connectivity index (χ2n) is 11.6. The van der Waals surface area contributed by atoms with Crippen molar-refractivity contribution in [2.75, 3.05) is 13.2 Å². The fraction of sp³-hybridized carbons (Fsp3) is 0.714. The molecule has 12 N–H and O–H groups in total. The van der Waals surface area contributed by atoms with Gasteiger partial charge in [0.05, 0.1) is 13.2 Å². The van der Waals surface area contributed by atoms with Gasteiger partial charge in [0.1, 0.15) is 48.5 Å². The number of nitrogens with two attached hydrogens (primary N) is 3. The van der Waals surface area contributed by atoms with Gasteiger partial charge in [0.25, 0.3) is 0 Å². The molecule has 0 aromatic carbocycles. The van der Waals surface area contributed by atoms with Gasteiger partial charge in [0.2, 0.25) is 29.5 Å². The summed E-state index contributed by atoms with van der Waals surface area (Å²) in [7, 11) is 0. The van der Waals surface area contributed by atoms with Gasteiger partial charge >= 0.3 is 17.9 Å². The molecule has 0 saturated carbocycles. The zero-order valence-corrected chi connectivity index (χ0v) is 27.2. The van der Waals surface area contributed by atoms with E-state index in [1.54, 1.807) is 0 Å². The first kappa shape index (κ1) is 40.7. The number of nitrogens with one attached hydrogen (secondary N) is 4. The van der Waals surface area contributed by atoms with E-state index in [1.807, 2.05) is 0 Å². The predicted molar refractivity (Wildman–Crippen MR) is 162 cm³/mol. The third-order valence-corrected chi connectivity index (χ3v) is 7.64. The molecular formula is C28H45N7O14. The number of aliphatic carboxylic acids is 2. The quantitative estimate of drug-likeness (QED) is 0.0538. The van der Waals surface area contributed by atoms with Crippen molar-refractivity contribution < 1.29 is 67.5 Å². The molecule has 21 heteroatoms. The van der Waals surface area contributed by atoms with Crippen molar-refractivity contribution in [1.82, 2.24) is 21.3 Å². The first-order chi connectivity index (χ1) is 22.9. The number of carboxylic acid groups (broad SMARTS) is 2. The molecule has 2 saturated heterocycles. The Hall–Kier alpha value is -4.44. The van der Waals surface area contributed by atoms with Crippen LogP contribution in [0.1, 0.15) is 52.9 Å². The van der Waals surface area contributed by atoms with Crippen LogP contribution in [0.15, 0.2) is 0 Å². The summed E-state index contributed by atoms with van der Waals surface area (Å²) in [6.45, 7) is 3.38. The molecule has 0 aliphatic carbocycles. The lowest BCUT2D eigenvalue weighted by molar-refractivity contribution is -0.220. The molecule has 49 heavy (non-hydrogen) atoms. The number of hydrogen-bond acceptors (Lipinski definition) is 14. The number of esters is 1. The van der Waals surface area contributed by atoms with Crippen LogP contribution < -0.4 is 38.5 Å². The van der Waals surface area contributed by atoms with E-state index in [0.717, 1.165) is 0 Å². The Morgan fingerprint density at radius 2 is 1.57 bits per heavy atom. The molecule has 2 rings (SSSR count). The molecule has 276 valence electrons. The highest BCUT2D eigenvalue weighted by atomic mass is 16.7. The second kappa shape index (κ2) is 18.9. The van der Waals surface area contributed by atoms with Crippen molar-refractivity contribution >= 4 is 47.4 Å². The number of ether oxygens (including phenoxy) is 4. The fourth-order valence-electron chi connectivity index (χ4n) is 5.00. The van der Waals surface area contributed by atoms with Crippen LogP contribution in [0.2, 0.25) is 0 Å². The number of primary amides is 1. The lowest BCUT2D eigenvalue weighted by atomic mass is 9.97. The summed E-state index contributed by atoms with van der Waals surface area (Å²) in [4.78, 5) is 96.6. The van der Waals surface area contributed by atoms with Gasteiger partial charge in [-0.2, -0.15) is 0 Å². The topological polar surface area (TPSA) is 340 Å². The Morgan fingerprint density at radius 3 is 2.14 bits per heavy atom. The van der Waals surface area contributed by atoms with Gasteiger partial charge in [-0.25, -0.2) is 4.79 Å². The smallest absolute Gasteiger partial charge is 0.326 e. The van der Waals surface area contributed by atoms with E-state index in [9.17, 15) is 43.5 Å². The van der Waals surface area contributed by atoms with Crippen molar-refractivity contribution in [1.29, 1.82) is 0 Å². The van der Waals surface area contributed by atoms with E-state index in [-0.39, 0.29) is 25.9 Å². The van der Waals surface area contributed by atoms with Gasteiger partial charge in [-0.15, -0.1) is 0 Å². The largest absolute Gasteiger partial charge is 0.480 e. The second-order valence-corrected chi connectivity index (χ2v) is 11.6. The SMILES string of the molecule is CC(=O)N[C@H]1[C@@H]2OC[C@@H](O2)[C@@H](OC(=O)CN)[C@@H]1O[C@H](C)C(=O)N[C@@H](C)C(=O)N[C@H](CCC(=O)N[C@@H](CCC[C@@H](N)C(=O)O)C(N)=O)C(=O)O. The molecular weight excluding hydrogens is 658 g/mol. The molecule has 2 aliphatic rings. The Morgan fingerprint density at radius 1 is 0.898 bits per heavy atom. The molecule has 0 spiro atoms. The maximum absolute atomic E-state index is 13.0. The van der Waals surface area contributed by atoms with Crippen LogP contribution in [0.25, 0.3) is 0 Å². The van der Waals surface area contributed by atoms with Crippen molar-refractivity contribution in [3.05, 3.63) is 0 Å². The predicted octanol–water partition coefficient (Wildman–Crippen LogP) is -4.70. The summed E-state index contributed by atoms with van der Waals surface area (Å²) < 4.78 is 22.5. The monoisotopic (exact) mass is 703 g/mol. The average molecular weight is 704 g/mol. The van der Waals surface area contributed by atoms with E-state index >= 15 is 0 Å². The minimum Gasteiger partial charge on any atom is -0.480 e. The molecule has 2 aliphatic heterocycles. The Balaban J connectivity index is 1.96. The first-order valence-electron chi connectivity index (χ1n) is 15.4. The minimum atomic E-state index is -1.57. The van der Waals surface area contributed by atoms with E-state index in [0.29, 0.717) is 0 Å². The molecule has 0 aromatic rings. The molecule has 2 bridgehead atoms. The minimum absolute atomic E-state index is 0.00262. The Labute approximate surface area is 280 Å². The molecule has 10 atom stereocenters. The van der Waals surface area contributed by atoms with Crippen LogP contribution >= 0.6 is 0 Å². The Kier molecular flexibility index (Phi) is 15.7. The van der Waals surface area contributed by atoms with Gasteiger partial charge in [0.15, 0.2) is 12.4 Å². The normalized spacial score (nSPS) is 24.2. The van der Waals surface area contributed by atoms with E-state index < -0.39 is 128 Å². The highest BCUT2D eigenvalue weighted by molar-refractivity contribution is 5.91. The molecule has 0 radical (unpaired) electrons. The number of rotatable bonds is 20. The maximum Gasteiger partial charge on any atom is 0.326 e. The molecule has 21 nitrogen and oxygen atoms in total. The lowest BCUT2D eigenvalue weighted by Gasteiger charge is -2.41. The third kappa shape index (κ3) is 12.5. The van der Waals surface area contributed by atoms with Crippen LogP contribution in [0, 0.1) is 0 Å². The third-order valence-electron chi connectivity index (χ3n) is 7.64. The van der Waals surface area contributed by atoms with Gasteiger partial charge in [0, 0.05) is 13.3 Å². The van der Waals surface area contributed by atoms with Gasteiger partial charge in [-0.1, -0.05) is 0 Å². The fourth-order valence-corrected chi connectivity index (χ4v) is 5.00. The number of carboxylic acids is 2. The van der Waals surface area contributed by atoms with Crippen molar-refractivity contribution in [3.8, 4) is 0 Å².